The summed E-state index contributed by atoms with van der Waals surface area (Å²) in [4.78, 5) is 11.2. The third-order valence-electron chi connectivity index (χ3n) is 6.20. The molecule has 0 spiro atoms. The van der Waals surface area contributed by atoms with Gasteiger partial charge in [-0.2, -0.15) is 0 Å². The minimum absolute atomic E-state index is 0.00869. The number of anilines is 1. The number of sulfonamides is 1. The fourth-order valence-corrected chi connectivity index (χ4v) is 4.94. The van der Waals surface area contributed by atoms with Crippen molar-refractivity contribution in [2.75, 3.05) is 38.2 Å². The molecule has 0 aliphatic heterocycles. The number of hydrogen-bond donors (Lipinski definition) is 2. The van der Waals surface area contributed by atoms with Gasteiger partial charge in [0.15, 0.2) is 0 Å². The Morgan fingerprint density at radius 1 is 1.27 bits per heavy atom. The van der Waals surface area contributed by atoms with Crippen LogP contribution < -0.4 is 15.6 Å². The van der Waals surface area contributed by atoms with Gasteiger partial charge in [-0.3, -0.25) is 0 Å². The highest BCUT2D eigenvalue weighted by Gasteiger charge is 2.33. The maximum atomic E-state index is 11.2. The third-order valence-corrected chi connectivity index (χ3v) is 6.94. The van der Waals surface area contributed by atoms with Crippen molar-refractivity contribution >= 4 is 26.9 Å². The maximum Gasteiger partial charge on any atom is 0.212 e. The van der Waals surface area contributed by atoms with E-state index >= 15 is 0 Å². The standard InChI is InChI=1S/C23H32N6O3S/c1-3-7-28(2)13-16-10-18(11-16)29-14-20(21-22(24)26-15-27-23(21)29)17-5-4-6-19(12-17)32-8-9-33(25,30)31/h4-6,12,14-16,18H,3,7-11,13H2,1-2H3,(H2,24,26,27)(H2,25,30,31)/t16-,18+. The Hall–Kier alpha value is -2.69. The Kier molecular flexibility index (Phi) is 6.87. The van der Waals surface area contributed by atoms with Crippen molar-refractivity contribution in [3.05, 3.63) is 36.8 Å². The lowest BCUT2D eigenvalue weighted by atomic mass is 9.79. The Balaban J connectivity index is 1.58. The molecule has 10 heteroatoms. The zero-order valence-corrected chi connectivity index (χ0v) is 20.0. The predicted molar refractivity (Wildman–Crippen MR) is 130 cm³/mol. The summed E-state index contributed by atoms with van der Waals surface area (Å²) in [7, 11) is -1.39. The largest absolute Gasteiger partial charge is 0.492 e. The van der Waals surface area contributed by atoms with Crippen LogP contribution in [-0.2, 0) is 10.0 Å². The van der Waals surface area contributed by atoms with E-state index in [4.69, 9.17) is 15.6 Å². The van der Waals surface area contributed by atoms with Crippen LogP contribution in [0.4, 0.5) is 5.82 Å². The molecule has 9 nitrogen and oxygen atoms in total. The summed E-state index contributed by atoms with van der Waals surface area (Å²) >= 11 is 0. The first-order chi connectivity index (χ1) is 15.7. The van der Waals surface area contributed by atoms with Crippen LogP contribution >= 0.6 is 0 Å². The molecule has 0 unspecified atom stereocenters. The molecule has 1 fully saturated rings. The van der Waals surface area contributed by atoms with Gasteiger partial charge in [-0.05, 0) is 56.5 Å². The van der Waals surface area contributed by atoms with Crippen LogP contribution in [0.2, 0.25) is 0 Å². The molecule has 0 bridgehead atoms. The fourth-order valence-electron chi connectivity index (χ4n) is 4.63. The fraction of sp³-hybridized carbons (Fsp3) is 0.478. The highest BCUT2D eigenvalue weighted by molar-refractivity contribution is 7.89. The molecule has 0 saturated heterocycles. The van der Waals surface area contributed by atoms with Crippen LogP contribution in [0.1, 0.15) is 32.2 Å². The molecule has 2 heterocycles. The third kappa shape index (κ3) is 5.45. The molecule has 1 aromatic carbocycles. The topological polar surface area (TPSA) is 129 Å². The Bertz CT molecular complexity index is 1220. The second-order valence-corrected chi connectivity index (χ2v) is 10.6. The molecule has 1 aliphatic carbocycles. The van der Waals surface area contributed by atoms with Crippen molar-refractivity contribution in [3.63, 3.8) is 0 Å². The molecule has 4 N–H and O–H groups in total. The van der Waals surface area contributed by atoms with Crippen molar-refractivity contribution in [3.8, 4) is 16.9 Å². The summed E-state index contributed by atoms with van der Waals surface area (Å²) in [5, 5.41) is 5.88. The van der Waals surface area contributed by atoms with Gasteiger partial charge in [0.25, 0.3) is 0 Å². The molecule has 0 radical (unpaired) electrons. The smallest absolute Gasteiger partial charge is 0.212 e. The first-order valence-corrected chi connectivity index (χ1v) is 13.0. The Morgan fingerprint density at radius 2 is 2.06 bits per heavy atom. The molecule has 33 heavy (non-hydrogen) atoms. The molecule has 0 amide bonds. The van der Waals surface area contributed by atoms with E-state index in [2.05, 4.69) is 39.6 Å². The minimum atomic E-state index is -3.57. The summed E-state index contributed by atoms with van der Waals surface area (Å²) in [5.74, 6) is 1.44. The SMILES string of the molecule is CCCN(C)C[C@H]1C[C@@H](n2cc(-c3cccc(OCCS(N)(=O)=O)c3)c3c(N)ncnc32)C1. The van der Waals surface area contributed by atoms with Gasteiger partial charge in [-0.25, -0.2) is 23.5 Å². The second kappa shape index (κ2) is 9.66. The van der Waals surface area contributed by atoms with Crippen molar-refractivity contribution in [2.45, 2.75) is 32.2 Å². The normalized spacial score (nSPS) is 18.5. The minimum Gasteiger partial charge on any atom is -0.492 e. The highest BCUT2D eigenvalue weighted by atomic mass is 32.2. The van der Waals surface area contributed by atoms with Crippen molar-refractivity contribution < 1.29 is 13.2 Å². The lowest BCUT2D eigenvalue weighted by Gasteiger charge is -2.38. The van der Waals surface area contributed by atoms with Gasteiger partial charge in [-0.1, -0.05) is 19.1 Å². The number of nitrogens with zero attached hydrogens (tertiary/aromatic N) is 4. The van der Waals surface area contributed by atoms with E-state index in [1.54, 1.807) is 6.07 Å². The van der Waals surface area contributed by atoms with Crippen molar-refractivity contribution in [1.82, 2.24) is 19.4 Å². The number of primary sulfonamides is 1. The van der Waals surface area contributed by atoms with Crippen molar-refractivity contribution in [2.24, 2.45) is 11.1 Å². The summed E-state index contributed by atoms with van der Waals surface area (Å²) in [6, 6.07) is 7.88. The summed E-state index contributed by atoms with van der Waals surface area (Å²) in [5.41, 5.74) is 8.96. The maximum absolute atomic E-state index is 11.2. The Labute approximate surface area is 194 Å². The first-order valence-electron chi connectivity index (χ1n) is 11.3. The first kappa shape index (κ1) is 23.5. The van der Waals surface area contributed by atoms with E-state index in [0.717, 1.165) is 48.1 Å². The second-order valence-electron chi connectivity index (χ2n) is 8.90. The van der Waals surface area contributed by atoms with Crippen LogP contribution in [0.15, 0.2) is 36.8 Å². The van der Waals surface area contributed by atoms with Crippen LogP contribution in [0.25, 0.3) is 22.2 Å². The van der Waals surface area contributed by atoms with Gasteiger partial charge < -0.3 is 19.9 Å². The molecule has 1 saturated carbocycles. The van der Waals surface area contributed by atoms with Gasteiger partial charge in [0.1, 0.15) is 30.1 Å². The monoisotopic (exact) mass is 472 g/mol. The zero-order valence-electron chi connectivity index (χ0n) is 19.1. The van der Waals surface area contributed by atoms with Gasteiger partial charge in [0, 0.05) is 24.3 Å². The average molecular weight is 473 g/mol. The molecular weight excluding hydrogens is 440 g/mol. The molecule has 4 rings (SSSR count). The molecule has 2 aromatic heterocycles. The predicted octanol–water partition coefficient (Wildman–Crippen LogP) is 2.64. The van der Waals surface area contributed by atoms with Crippen LogP contribution in [0, 0.1) is 5.92 Å². The number of hydrogen-bond acceptors (Lipinski definition) is 7. The van der Waals surface area contributed by atoms with Gasteiger partial charge in [-0.15, -0.1) is 0 Å². The molecule has 178 valence electrons. The number of benzene rings is 1. The van der Waals surface area contributed by atoms with E-state index in [-0.39, 0.29) is 12.4 Å². The van der Waals surface area contributed by atoms with E-state index in [1.165, 1.54) is 12.7 Å². The van der Waals surface area contributed by atoms with E-state index in [1.807, 2.05) is 18.2 Å². The highest BCUT2D eigenvalue weighted by Crippen LogP contribution is 2.43. The van der Waals surface area contributed by atoms with E-state index in [9.17, 15) is 8.42 Å². The van der Waals surface area contributed by atoms with Crippen LogP contribution in [0.5, 0.6) is 5.75 Å². The molecule has 0 atom stereocenters. The zero-order chi connectivity index (χ0) is 23.6. The van der Waals surface area contributed by atoms with Crippen LogP contribution in [-0.4, -0.2) is 60.3 Å². The van der Waals surface area contributed by atoms with Gasteiger partial charge in [0.05, 0.1) is 11.1 Å². The molecule has 1 aliphatic rings. The lowest BCUT2D eigenvalue weighted by molar-refractivity contribution is 0.146. The number of aromatic nitrogens is 3. The summed E-state index contributed by atoms with van der Waals surface area (Å²) in [6.45, 7) is 4.44. The van der Waals surface area contributed by atoms with E-state index in [0.29, 0.717) is 23.5 Å². The van der Waals surface area contributed by atoms with Gasteiger partial charge >= 0.3 is 0 Å². The Morgan fingerprint density at radius 3 is 2.79 bits per heavy atom. The number of ether oxygens (including phenoxy) is 1. The lowest BCUT2D eigenvalue weighted by Crippen LogP contribution is -2.35. The average Bonchev–Trinajstić information content (AvgIpc) is 3.10. The quantitative estimate of drug-likeness (QED) is 0.464. The van der Waals surface area contributed by atoms with Gasteiger partial charge in [0.2, 0.25) is 10.0 Å². The van der Waals surface area contributed by atoms with Crippen molar-refractivity contribution in [1.29, 1.82) is 0 Å². The number of rotatable bonds is 10. The molecular formula is C23H32N6O3S. The number of fused-ring (bicyclic) bond motifs is 1. The summed E-state index contributed by atoms with van der Waals surface area (Å²) < 4.78 is 30.2. The summed E-state index contributed by atoms with van der Waals surface area (Å²) in [6.07, 6.45) is 7.00. The van der Waals surface area contributed by atoms with E-state index < -0.39 is 10.0 Å². The molecule has 3 aromatic rings. The number of nitrogens with two attached hydrogens (primary N) is 2. The number of nitrogen functional groups attached to an aromatic ring is 1. The van der Waals surface area contributed by atoms with Crippen LogP contribution in [0.3, 0.4) is 0 Å².